The maximum absolute atomic E-state index is 12.5. The Morgan fingerprint density at radius 2 is 1.52 bits per heavy atom. The monoisotopic (exact) mass is 373 g/mol. The molecule has 0 saturated heterocycles. The van der Waals surface area contributed by atoms with E-state index in [1.165, 1.54) is 12.3 Å². The van der Waals surface area contributed by atoms with E-state index in [0.717, 1.165) is 10.6 Å². The third-order valence-corrected chi connectivity index (χ3v) is 8.65. The smallest absolute Gasteiger partial charge is 0.151 e. The molecule has 0 spiro atoms. The van der Waals surface area contributed by atoms with Crippen LogP contribution in [0.1, 0.15) is 11.6 Å². The van der Waals surface area contributed by atoms with Crippen LogP contribution in [0.15, 0.2) is 83.5 Å². The molecule has 0 aliphatic rings. The molecule has 6 heteroatoms. The van der Waals surface area contributed by atoms with Gasteiger partial charge in [0.05, 0.1) is 13.6 Å². The van der Waals surface area contributed by atoms with Gasteiger partial charge in [-0.25, -0.2) is 0 Å². The van der Waals surface area contributed by atoms with E-state index in [-0.39, 0.29) is 11.9 Å². The zero-order valence-electron chi connectivity index (χ0n) is 13.6. The van der Waals surface area contributed by atoms with Gasteiger partial charge < -0.3 is 19.0 Å². The van der Waals surface area contributed by atoms with Crippen LogP contribution in [0.2, 0.25) is 0 Å². The Balaban J connectivity index is 1.80. The van der Waals surface area contributed by atoms with Crippen LogP contribution in [0.3, 0.4) is 0 Å². The molecule has 25 heavy (non-hydrogen) atoms. The number of rotatable bonds is 7. The van der Waals surface area contributed by atoms with Crippen LogP contribution in [0.5, 0.6) is 0 Å². The van der Waals surface area contributed by atoms with E-state index < -0.39 is 21.1 Å². The van der Waals surface area contributed by atoms with Crippen molar-refractivity contribution in [1.29, 1.82) is 0 Å². The van der Waals surface area contributed by atoms with Crippen molar-refractivity contribution in [3.63, 3.8) is 0 Å². The molecular formula is C19H19O4P2-. The molecule has 2 aromatic carbocycles. The summed E-state index contributed by atoms with van der Waals surface area (Å²) in [7, 11) is -4.85. The molecule has 3 aromatic rings. The maximum Gasteiger partial charge on any atom is 0.151 e. The molecule has 2 atom stereocenters. The van der Waals surface area contributed by atoms with Gasteiger partial charge in [-0.15, -0.1) is 0 Å². The second-order valence-electron chi connectivity index (χ2n) is 5.66. The van der Waals surface area contributed by atoms with E-state index in [2.05, 4.69) is 0 Å². The fourth-order valence-electron chi connectivity index (χ4n) is 2.62. The molecule has 1 aromatic heterocycles. The normalized spacial score (nSPS) is 15.0. The summed E-state index contributed by atoms with van der Waals surface area (Å²) in [6.07, 6.45) is 1.74. The molecule has 4 nitrogen and oxygen atoms in total. The SMILES string of the molecule is O=P([O-])(CCP(c1ccccc1)c1ccccc1)C(O)c1ccco1. The van der Waals surface area contributed by atoms with Gasteiger partial charge in [0, 0.05) is 0 Å². The lowest BCUT2D eigenvalue weighted by atomic mass is 10.4. The number of benzene rings is 2. The molecule has 0 aliphatic heterocycles. The van der Waals surface area contributed by atoms with E-state index in [1.807, 2.05) is 60.7 Å². The summed E-state index contributed by atoms with van der Waals surface area (Å²) in [4.78, 5) is 12.5. The van der Waals surface area contributed by atoms with Crippen molar-refractivity contribution in [1.82, 2.24) is 0 Å². The minimum atomic E-state index is -4.04. The maximum atomic E-state index is 12.5. The highest BCUT2D eigenvalue weighted by atomic mass is 31.2. The largest absolute Gasteiger partial charge is 0.797 e. The fourth-order valence-corrected chi connectivity index (χ4v) is 7.19. The lowest BCUT2D eigenvalue weighted by molar-refractivity contribution is -0.183. The van der Waals surface area contributed by atoms with E-state index >= 15 is 0 Å². The third-order valence-electron chi connectivity index (χ3n) is 3.94. The first-order valence-electron chi connectivity index (χ1n) is 7.97. The fraction of sp³-hybridized carbons (Fsp3) is 0.158. The number of hydrogen-bond acceptors (Lipinski definition) is 4. The highest BCUT2D eigenvalue weighted by Crippen LogP contribution is 2.52. The van der Waals surface area contributed by atoms with E-state index in [4.69, 9.17) is 4.42 Å². The van der Waals surface area contributed by atoms with Crippen molar-refractivity contribution in [2.75, 3.05) is 12.3 Å². The van der Waals surface area contributed by atoms with E-state index in [1.54, 1.807) is 6.07 Å². The number of aliphatic hydroxyl groups excluding tert-OH is 1. The van der Waals surface area contributed by atoms with Crippen LogP contribution in [-0.2, 0) is 4.57 Å². The molecule has 130 valence electrons. The molecule has 0 aliphatic carbocycles. The predicted octanol–water partition coefficient (Wildman–Crippen LogP) is 3.04. The molecule has 1 heterocycles. The highest BCUT2D eigenvalue weighted by Gasteiger charge is 2.26. The van der Waals surface area contributed by atoms with Crippen LogP contribution in [-0.4, -0.2) is 17.4 Å². The minimum absolute atomic E-state index is 0.0714. The number of aliphatic hydroxyl groups is 1. The van der Waals surface area contributed by atoms with Gasteiger partial charge >= 0.3 is 0 Å². The molecule has 0 amide bonds. The molecule has 0 saturated carbocycles. The Morgan fingerprint density at radius 1 is 0.960 bits per heavy atom. The van der Waals surface area contributed by atoms with E-state index in [0.29, 0.717) is 6.16 Å². The van der Waals surface area contributed by atoms with Gasteiger partial charge in [0.1, 0.15) is 5.76 Å². The average Bonchev–Trinajstić information content (AvgIpc) is 3.17. The lowest BCUT2D eigenvalue weighted by Gasteiger charge is -2.29. The van der Waals surface area contributed by atoms with Crippen LogP contribution < -0.4 is 15.5 Å². The van der Waals surface area contributed by atoms with Crippen molar-refractivity contribution in [2.45, 2.75) is 5.85 Å². The van der Waals surface area contributed by atoms with Gasteiger partial charge in [0.15, 0.2) is 5.85 Å². The van der Waals surface area contributed by atoms with Gasteiger partial charge in [-0.05, 0) is 43.0 Å². The van der Waals surface area contributed by atoms with Gasteiger partial charge in [-0.3, -0.25) is 0 Å². The topological polar surface area (TPSA) is 73.5 Å². The van der Waals surface area contributed by atoms with Crippen molar-refractivity contribution >= 4 is 25.9 Å². The number of furan rings is 1. The Kier molecular flexibility index (Phi) is 5.88. The second kappa shape index (κ2) is 8.12. The van der Waals surface area contributed by atoms with Gasteiger partial charge in [0.2, 0.25) is 0 Å². The standard InChI is InChI=1S/C19H20O4P2/c20-19(18-12-7-13-23-18)25(21,22)15-14-24(16-8-3-1-4-9-16)17-10-5-2-6-11-17/h1-13,19-20H,14-15H2,(H,21,22)/p-1. The summed E-state index contributed by atoms with van der Waals surface area (Å²) < 4.78 is 17.6. The molecule has 0 fully saturated rings. The summed E-state index contributed by atoms with van der Waals surface area (Å²) in [5.74, 6) is -1.52. The van der Waals surface area contributed by atoms with Crippen molar-refractivity contribution in [2.24, 2.45) is 0 Å². The predicted molar refractivity (Wildman–Crippen MR) is 100 cm³/mol. The van der Waals surface area contributed by atoms with E-state index in [9.17, 15) is 14.6 Å². The number of hydrogen-bond donors (Lipinski definition) is 1. The Hall–Kier alpha value is -1.70. The van der Waals surface area contributed by atoms with Crippen LogP contribution in [0.25, 0.3) is 0 Å². The first-order valence-corrected chi connectivity index (χ1v) is 11.4. The van der Waals surface area contributed by atoms with Crippen LogP contribution in [0.4, 0.5) is 0 Å². The zero-order chi connectivity index (χ0) is 17.7. The van der Waals surface area contributed by atoms with Crippen molar-refractivity contribution in [3.05, 3.63) is 84.8 Å². The summed E-state index contributed by atoms with van der Waals surface area (Å²) >= 11 is 0. The van der Waals surface area contributed by atoms with Crippen LogP contribution >= 0.6 is 15.3 Å². The summed E-state index contributed by atoms with van der Waals surface area (Å²) in [6.45, 7) is 0. The molecule has 0 radical (unpaired) electrons. The van der Waals surface area contributed by atoms with Crippen molar-refractivity contribution in [3.8, 4) is 0 Å². The average molecular weight is 373 g/mol. The first kappa shape index (κ1) is 18.1. The highest BCUT2D eigenvalue weighted by molar-refractivity contribution is 7.73. The molecular weight excluding hydrogens is 354 g/mol. The first-order chi connectivity index (χ1) is 12.1. The molecule has 1 N–H and O–H groups in total. The second-order valence-corrected chi connectivity index (χ2v) is 10.4. The quantitative estimate of drug-likeness (QED) is 0.646. The van der Waals surface area contributed by atoms with Crippen molar-refractivity contribution < 1.29 is 19.0 Å². The summed E-state index contributed by atoms with van der Waals surface area (Å²) in [5.41, 5.74) is 0. The summed E-state index contributed by atoms with van der Waals surface area (Å²) in [5, 5.41) is 12.4. The molecule has 3 rings (SSSR count). The molecule has 0 bridgehead atoms. The lowest BCUT2D eigenvalue weighted by Crippen LogP contribution is -2.20. The Morgan fingerprint density at radius 3 is 2.00 bits per heavy atom. The van der Waals surface area contributed by atoms with Crippen LogP contribution in [0, 0.1) is 0 Å². The van der Waals surface area contributed by atoms with Gasteiger partial charge in [0.25, 0.3) is 0 Å². The summed E-state index contributed by atoms with van der Waals surface area (Å²) in [6, 6.07) is 22.9. The Labute approximate surface area is 148 Å². The Bertz CT molecular complexity index is 780. The molecule has 2 unspecified atom stereocenters. The van der Waals surface area contributed by atoms with Gasteiger partial charge in [-0.1, -0.05) is 60.7 Å². The van der Waals surface area contributed by atoms with Gasteiger partial charge in [-0.2, -0.15) is 0 Å². The zero-order valence-corrected chi connectivity index (χ0v) is 15.4. The third kappa shape index (κ3) is 4.48. The minimum Gasteiger partial charge on any atom is -0.797 e.